The minimum atomic E-state index is -0.107. The summed E-state index contributed by atoms with van der Waals surface area (Å²) in [7, 11) is 0. The Hall–Kier alpha value is -2.20. The number of halogens is 1. The molecule has 1 unspecified atom stereocenters. The fourth-order valence-electron chi connectivity index (χ4n) is 2.06. The van der Waals surface area contributed by atoms with Crippen molar-refractivity contribution in [2.75, 3.05) is 13.1 Å². The smallest absolute Gasteiger partial charge is 0.188 e. The number of nitrogens with two attached hydrogens (primary N) is 1. The van der Waals surface area contributed by atoms with E-state index in [4.69, 9.17) is 22.1 Å². The molecule has 0 aliphatic carbocycles. The highest BCUT2D eigenvalue weighted by Crippen LogP contribution is 2.24. The van der Waals surface area contributed by atoms with E-state index in [1.165, 1.54) is 5.56 Å². The maximum absolute atomic E-state index is 6.06. The lowest BCUT2D eigenvalue weighted by atomic mass is 10.1. The van der Waals surface area contributed by atoms with Crippen LogP contribution in [-0.2, 0) is 6.42 Å². The topological polar surface area (TPSA) is 59.6 Å². The van der Waals surface area contributed by atoms with Crippen molar-refractivity contribution >= 4 is 17.6 Å². The highest BCUT2D eigenvalue weighted by atomic mass is 35.5. The predicted octanol–water partition coefficient (Wildman–Crippen LogP) is 3.25. The van der Waals surface area contributed by atoms with Crippen molar-refractivity contribution in [3.8, 4) is 5.75 Å². The van der Waals surface area contributed by atoms with E-state index in [-0.39, 0.29) is 6.10 Å². The first kappa shape index (κ1) is 17.2. The molecule has 0 aromatic heterocycles. The molecule has 5 heteroatoms. The molecule has 3 N–H and O–H groups in total. The molecule has 2 aromatic carbocycles. The van der Waals surface area contributed by atoms with E-state index in [2.05, 4.69) is 22.4 Å². The molecule has 0 aliphatic heterocycles. The van der Waals surface area contributed by atoms with Crippen LogP contribution in [0.1, 0.15) is 12.5 Å². The van der Waals surface area contributed by atoms with Crippen LogP contribution < -0.4 is 15.8 Å². The second kappa shape index (κ2) is 9.06. The number of guanidine groups is 1. The molecule has 4 nitrogen and oxygen atoms in total. The lowest BCUT2D eigenvalue weighted by molar-refractivity contribution is 0.230. The van der Waals surface area contributed by atoms with Crippen LogP contribution in [0.3, 0.4) is 0 Å². The van der Waals surface area contributed by atoms with Gasteiger partial charge in [0.1, 0.15) is 11.9 Å². The third-order valence-corrected chi connectivity index (χ3v) is 3.56. The highest BCUT2D eigenvalue weighted by Gasteiger charge is 2.06. The van der Waals surface area contributed by atoms with Gasteiger partial charge in [-0.25, -0.2) is 4.99 Å². The van der Waals surface area contributed by atoms with Crippen molar-refractivity contribution in [1.29, 1.82) is 0 Å². The Balaban J connectivity index is 1.72. The van der Waals surface area contributed by atoms with E-state index in [0.717, 1.165) is 13.0 Å². The molecule has 0 bridgehead atoms. The lowest BCUT2D eigenvalue weighted by Crippen LogP contribution is -2.34. The summed E-state index contributed by atoms with van der Waals surface area (Å²) < 4.78 is 5.75. The molecular formula is C18H22ClN3O. The molecule has 0 amide bonds. The molecule has 0 fully saturated rings. The molecule has 0 heterocycles. The van der Waals surface area contributed by atoms with Crippen LogP contribution in [0.4, 0.5) is 0 Å². The zero-order chi connectivity index (χ0) is 16.5. The zero-order valence-corrected chi connectivity index (χ0v) is 14.0. The molecule has 0 radical (unpaired) electrons. The molecule has 122 valence electrons. The summed E-state index contributed by atoms with van der Waals surface area (Å²) in [4.78, 5) is 4.30. The third-order valence-electron chi connectivity index (χ3n) is 3.25. The molecule has 2 rings (SSSR count). The lowest BCUT2D eigenvalue weighted by Gasteiger charge is -2.14. The molecule has 2 aromatic rings. The number of ether oxygens (including phenoxy) is 1. The second-order valence-electron chi connectivity index (χ2n) is 5.25. The van der Waals surface area contributed by atoms with Gasteiger partial charge in [-0.05, 0) is 31.0 Å². The summed E-state index contributed by atoms with van der Waals surface area (Å²) in [6.45, 7) is 3.15. The van der Waals surface area contributed by atoms with Crippen molar-refractivity contribution in [1.82, 2.24) is 5.32 Å². The van der Waals surface area contributed by atoms with Gasteiger partial charge in [0, 0.05) is 6.54 Å². The monoisotopic (exact) mass is 331 g/mol. The number of hydrogen-bond acceptors (Lipinski definition) is 2. The second-order valence-corrected chi connectivity index (χ2v) is 5.65. The van der Waals surface area contributed by atoms with Crippen molar-refractivity contribution < 1.29 is 4.74 Å². The number of nitrogens with one attached hydrogen (secondary N) is 1. The number of rotatable bonds is 7. The Morgan fingerprint density at radius 1 is 1.17 bits per heavy atom. The van der Waals surface area contributed by atoms with Gasteiger partial charge in [-0.1, -0.05) is 54.1 Å². The van der Waals surface area contributed by atoms with E-state index < -0.39 is 0 Å². The normalized spacial score (nSPS) is 12.7. The number of hydrogen-bond donors (Lipinski definition) is 2. The Bertz CT molecular complexity index is 631. The van der Waals surface area contributed by atoms with Crippen molar-refractivity contribution in [2.45, 2.75) is 19.4 Å². The minimum Gasteiger partial charge on any atom is -0.487 e. The molecule has 0 saturated carbocycles. The third kappa shape index (κ3) is 6.20. The first-order valence-corrected chi connectivity index (χ1v) is 8.02. The minimum absolute atomic E-state index is 0.107. The number of para-hydroxylation sites is 1. The SMILES string of the molecule is CC(CN=C(N)NCCc1ccccc1)Oc1ccccc1Cl. The quantitative estimate of drug-likeness (QED) is 0.605. The largest absolute Gasteiger partial charge is 0.487 e. The van der Waals surface area contributed by atoms with Gasteiger partial charge in [0.2, 0.25) is 0 Å². The summed E-state index contributed by atoms with van der Waals surface area (Å²) in [5.74, 6) is 1.09. The van der Waals surface area contributed by atoms with E-state index >= 15 is 0 Å². The Morgan fingerprint density at radius 3 is 2.61 bits per heavy atom. The number of aliphatic imine (C=N–C) groups is 1. The fraction of sp³-hybridized carbons (Fsp3) is 0.278. The molecule has 0 saturated heterocycles. The van der Waals surface area contributed by atoms with Crippen LogP contribution >= 0.6 is 11.6 Å². The van der Waals surface area contributed by atoms with Gasteiger partial charge in [-0.15, -0.1) is 0 Å². The van der Waals surface area contributed by atoms with Gasteiger partial charge < -0.3 is 15.8 Å². The Kier molecular flexibility index (Phi) is 6.76. The van der Waals surface area contributed by atoms with Crippen LogP contribution in [-0.4, -0.2) is 25.2 Å². The van der Waals surface area contributed by atoms with Crippen LogP contribution in [0.25, 0.3) is 0 Å². The average Bonchev–Trinajstić information content (AvgIpc) is 2.56. The zero-order valence-electron chi connectivity index (χ0n) is 13.2. The molecular weight excluding hydrogens is 310 g/mol. The number of nitrogens with zero attached hydrogens (tertiary/aromatic N) is 1. The Labute approximate surface area is 142 Å². The summed E-state index contributed by atoms with van der Waals surface area (Å²) in [5, 5.41) is 3.70. The van der Waals surface area contributed by atoms with Gasteiger partial charge in [0.05, 0.1) is 11.6 Å². The molecule has 0 aliphatic rings. The van der Waals surface area contributed by atoms with Gasteiger partial charge in [-0.3, -0.25) is 0 Å². The van der Waals surface area contributed by atoms with E-state index in [1.54, 1.807) is 6.07 Å². The van der Waals surface area contributed by atoms with E-state index in [1.807, 2.05) is 43.3 Å². The maximum atomic E-state index is 6.06. The number of benzene rings is 2. The summed E-state index contributed by atoms with van der Waals surface area (Å²) in [6.07, 6.45) is 0.798. The van der Waals surface area contributed by atoms with Crippen molar-refractivity contribution in [3.63, 3.8) is 0 Å². The van der Waals surface area contributed by atoms with Crippen LogP contribution in [0.2, 0.25) is 5.02 Å². The summed E-state index contributed by atoms with van der Waals surface area (Å²) in [6, 6.07) is 17.6. The predicted molar refractivity (Wildman–Crippen MR) is 96.2 cm³/mol. The Morgan fingerprint density at radius 2 is 1.87 bits per heavy atom. The molecule has 23 heavy (non-hydrogen) atoms. The van der Waals surface area contributed by atoms with Crippen LogP contribution in [0, 0.1) is 0 Å². The first-order valence-electron chi connectivity index (χ1n) is 7.64. The van der Waals surface area contributed by atoms with E-state index in [0.29, 0.717) is 23.3 Å². The van der Waals surface area contributed by atoms with E-state index in [9.17, 15) is 0 Å². The highest BCUT2D eigenvalue weighted by molar-refractivity contribution is 6.32. The fourth-order valence-corrected chi connectivity index (χ4v) is 2.24. The summed E-state index contributed by atoms with van der Waals surface area (Å²) >= 11 is 6.06. The van der Waals surface area contributed by atoms with Crippen molar-refractivity contribution in [3.05, 3.63) is 65.2 Å². The standard InChI is InChI=1S/C18H22ClN3O/c1-14(23-17-10-6-5-9-16(17)19)13-22-18(20)21-12-11-15-7-3-2-4-8-15/h2-10,14H,11-13H2,1H3,(H3,20,21,22). The molecule has 0 spiro atoms. The van der Waals surface area contributed by atoms with Gasteiger partial charge in [0.15, 0.2) is 5.96 Å². The van der Waals surface area contributed by atoms with Crippen LogP contribution in [0.15, 0.2) is 59.6 Å². The van der Waals surface area contributed by atoms with Crippen molar-refractivity contribution in [2.24, 2.45) is 10.7 Å². The van der Waals surface area contributed by atoms with Gasteiger partial charge in [-0.2, -0.15) is 0 Å². The first-order chi connectivity index (χ1) is 11.1. The van der Waals surface area contributed by atoms with Gasteiger partial charge >= 0.3 is 0 Å². The maximum Gasteiger partial charge on any atom is 0.188 e. The average molecular weight is 332 g/mol. The summed E-state index contributed by atoms with van der Waals surface area (Å²) in [5.41, 5.74) is 7.13. The van der Waals surface area contributed by atoms with Crippen LogP contribution in [0.5, 0.6) is 5.75 Å². The van der Waals surface area contributed by atoms with Gasteiger partial charge in [0.25, 0.3) is 0 Å². The molecule has 1 atom stereocenters.